The van der Waals surface area contributed by atoms with Crippen LogP contribution in [0.5, 0.6) is 0 Å². The second kappa shape index (κ2) is 28.4. The Labute approximate surface area is 213 Å². The third-order valence-electron chi connectivity index (χ3n) is 7.17. The maximum atomic E-state index is 10.9. The zero-order valence-electron chi connectivity index (χ0n) is 23.1. The fourth-order valence-corrected chi connectivity index (χ4v) is 4.89. The van der Waals surface area contributed by atoms with Gasteiger partial charge in [-0.05, 0) is 19.8 Å². The summed E-state index contributed by atoms with van der Waals surface area (Å²) < 4.78 is 0. The molecule has 0 bridgehead atoms. The van der Waals surface area contributed by atoms with E-state index in [4.69, 9.17) is 5.11 Å². The molecule has 1 N–H and O–H groups in total. The Hall–Kier alpha value is -0.860. The highest BCUT2D eigenvalue weighted by Gasteiger charge is 1.98. The van der Waals surface area contributed by atoms with Gasteiger partial charge in [-0.3, -0.25) is 4.79 Å². The molecule has 0 aromatic rings. The highest BCUT2D eigenvalue weighted by Crippen LogP contribution is 2.16. The van der Waals surface area contributed by atoms with Gasteiger partial charge in [-0.1, -0.05) is 154 Å². The summed E-state index contributed by atoms with van der Waals surface area (Å²) in [5.74, 6) is -0.312. The Morgan fingerprint density at radius 3 is 0.706 bits per heavy atom. The van der Waals surface area contributed by atoms with Gasteiger partial charge in [0.05, 0.1) is 0 Å². The van der Waals surface area contributed by atoms with Crippen LogP contribution in [-0.4, -0.2) is 16.9 Å². The summed E-state index contributed by atoms with van der Waals surface area (Å²) in [4.78, 5) is 21.3. The summed E-state index contributed by atoms with van der Waals surface area (Å²) in [6.07, 6.45) is 36.0. The smallest absolute Gasteiger partial charge is 0.303 e. The number of carboxylic acids is 1. The van der Waals surface area contributed by atoms with Crippen LogP contribution in [0.15, 0.2) is 0 Å². The number of Topliss-reactive ketones (excluding diaryl/α,β-unsaturated/α-hetero) is 1. The topological polar surface area (TPSA) is 54.4 Å². The standard InChI is InChI=1S/C31H60O3/c1-30(32)28-26-24-22-20-18-16-14-12-10-8-6-4-2-3-5-7-9-11-13-15-17-19-21-23-25-27-29-31(33)34/h2-29H2,1H3,(H,33,34). The lowest BCUT2D eigenvalue weighted by Gasteiger charge is -2.04. The molecule has 3 heteroatoms. The van der Waals surface area contributed by atoms with Crippen LogP contribution < -0.4 is 0 Å². The van der Waals surface area contributed by atoms with Crippen molar-refractivity contribution in [3.8, 4) is 0 Å². The second-order valence-electron chi connectivity index (χ2n) is 10.8. The maximum Gasteiger partial charge on any atom is 0.303 e. The predicted octanol–water partition coefficient (Wildman–Crippen LogP) is 10.6. The number of rotatable bonds is 29. The van der Waals surface area contributed by atoms with E-state index in [1.165, 1.54) is 148 Å². The van der Waals surface area contributed by atoms with E-state index < -0.39 is 5.97 Å². The average molecular weight is 481 g/mol. The van der Waals surface area contributed by atoms with E-state index in [2.05, 4.69) is 0 Å². The minimum absolute atomic E-state index is 0.340. The molecule has 34 heavy (non-hydrogen) atoms. The van der Waals surface area contributed by atoms with Crippen molar-refractivity contribution in [1.29, 1.82) is 0 Å². The Bertz CT molecular complexity index is 392. The molecule has 0 aliphatic heterocycles. The van der Waals surface area contributed by atoms with Crippen molar-refractivity contribution in [1.82, 2.24) is 0 Å². The summed E-state index contributed by atoms with van der Waals surface area (Å²) >= 11 is 0. The van der Waals surface area contributed by atoms with Crippen LogP contribution in [0.25, 0.3) is 0 Å². The monoisotopic (exact) mass is 480 g/mol. The van der Waals surface area contributed by atoms with Crippen molar-refractivity contribution in [2.75, 3.05) is 0 Å². The van der Waals surface area contributed by atoms with Crippen molar-refractivity contribution in [3.05, 3.63) is 0 Å². The first-order valence-corrected chi connectivity index (χ1v) is 15.3. The first kappa shape index (κ1) is 33.1. The highest BCUT2D eigenvalue weighted by molar-refractivity contribution is 5.75. The van der Waals surface area contributed by atoms with Crippen LogP contribution in [0.3, 0.4) is 0 Å². The number of carbonyl (C=O) groups is 2. The maximum absolute atomic E-state index is 10.9. The third kappa shape index (κ3) is 31.1. The van der Waals surface area contributed by atoms with Crippen LogP contribution in [0, 0.1) is 0 Å². The number of hydrogen-bond donors (Lipinski definition) is 1. The number of ketones is 1. The van der Waals surface area contributed by atoms with Crippen LogP contribution in [0.4, 0.5) is 0 Å². The molecule has 0 fully saturated rings. The summed E-state index contributed by atoms with van der Waals surface area (Å²) in [5, 5.41) is 8.61. The molecule has 0 amide bonds. The largest absolute Gasteiger partial charge is 0.481 e. The van der Waals surface area contributed by atoms with Gasteiger partial charge in [0.15, 0.2) is 0 Å². The molecular weight excluding hydrogens is 420 g/mol. The molecule has 0 aromatic heterocycles. The van der Waals surface area contributed by atoms with Crippen LogP contribution >= 0.6 is 0 Å². The molecule has 0 aliphatic carbocycles. The van der Waals surface area contributed by atoms with Gasteiger partial charge in [0, 0.05) is 12.8 Å². The Morgan fingerprint density at radius 2 is 0.529 bits per heavy atom. The first-order chi connectivity index (χ1) is 16.6. The van der Waals surface area contributed by atoms with Gasteiger partial charge in [0.2, 0.25) is 0 Å². The molecule has 0 saturated carbocycles. The highest BCUT2D eigenvalue weighted by atomic mass is 16.4. The zero-order valence-corrected chi connectivity index (χ0v) is 23.1. The fourth-order valence-electron chi connectivity index (χ4n) is 4.89. The van der Waals surface area contributed by atoms with Gasteiger partial charge < -0.3 is 9.90 Å². The van der Waals surface area contributed by atoms with E-state index in [1.54, 1.807) is 6.92 Å². The third-order valence-corrected chi connectivity index (χ3v) is 7.17. The van der Waals surface area contributed by atoms with E-state index >= 15 is 0 Å². The molecule has 0 unspecified atom stereocenters. The van der Waals surface area contributed by atoms with E-state index in [0.717, 1.165) is 25.7 Å². The molecule has 0 spiro atoms. The number of carbonyl (C=O) groups excluding carboxylic acids is 1. The number of aliphatic carboxylic acids is 1. The molecule has 0 aromatic carbocycles. The van der Waals surface area contributed by atoms with E-state index in [9.17, 15) is 9.59 Å². The lowest BCUT2D eigenvalue weighted by atomic mass is 10.0. The molecule has 0 atom stereocenters. The zero-order chi connectivity index (χ0) is 25.0. The molecular formula is C31H60O3. The number of carboxylic acid groups (broad SMARTS) is 1. The van der Waals surface area contributed by atoms with Crippen molar-refractivity contribution in [2.24, 2.45) is 0 Å². The molecule has 0 heterocycles. The van der Waals surface area contributed by atoms with Crippen LogP contribution in [0.2, 0.25) is 0 Å². The van der Waals surface area contributed by atoms with Crippen molar-refractivity contribution >= 4 is 11.8 Å². The Morgan fingerprint density at radius 1 is 0.353 bits per heavy atom. The van der Waals surface area contributed by atoms with Gasteiger partial charge in [-0.15, -0.1) is 0 Å². The predicted molar refractivity (Wildman–Crippen MR) is 148 cm³/mol. The second-order valence-corrected chi connectivity index (χ2v) is 10.8. The number of unbranched alkanes of at least 4 members (excludes halogenated alkanes) is 25. The van der Waals surface area contributed by atoms with Crippen molar-refractivity contribution in [3.63, 3.8) is 0 Å². The SMILES string of the molecule is CC(=O)CCCCCCCCCCCCCCCCCCCCCCCCCCCCC(=O)O. The average Bonchev–Trinajstić information content (AvgIpc) is 2.80. The molecule has 202 valence electrons. The van der Waals surface area contributed by atoms with Gasteiger partial charge in [-0.25, -0.2) is 0 Å². The van der Waals surface area contributed by atoms with Gasteiger partial charge >= 0.3 is 5.97 Å². The quantitative estimate of drug-likeness (QED) is 0.108. The van der Waals surface area contributed by atoms with Crippen molar-refractivity contribution in [2.45, 2.75) is 187 Å². The first-order valence-electron chi connectivity index (χ1n) is 15.3. The Kier molecular flexibility index (Phi) is 27.7. The lowest BCUT2D eigenvalue weighted by Crippen LogP contribution is -1.93. The van der Waals surface area contributed by atoms with Gasteiger partial charge in [0.1, 0.15) is 5.78 Å². The van der Waals surface area contributed by atoms with Crippen LogP contribution in [0.1, 0.15) is 187 Å². The Balaban J connectivity index is 3.03. The number of hydrogen-bond acceptors (Lipinski definition) is 2. The van der Waals surface area contributed by atoms with Gasteiger partial charge in [0.25, 0.3) is 0 Å². The minimum atomic E-state index is -0.654. The summed E-state index contributed by atoms with van der Waals surface area (Å²) in [6.45, 7) is 1.70. The summed E-state index contributed by atoms with van der Waals surface area (Å²) in [7, 11) is 0. The lowest BCUT2D eigenvalue weighted by molar-refractivity contribution is -0.137. The fraction of sp³-hybridized carbons (Fsp3) is 0.935. The summed E-state index contributed by atoms with van der Waals surface area (Å²) in [5.41, 5.74) is 0. The van der Waals surface area contributed by atoms with Crippen molar-refractivity contribution < 1.29 is 14.7 Å². The van der Waals surface area contributed by atoms with E-state index in [0.29, 0.717) is 12.2 Å². The minimum Gasteiger partial charge on any atom is -0.481 e. The van der Waals surface area contributed by atoms with E-state index in [-0.39, 0.29) is 0 Å². The molecule has 0 rings (SSSR count). The normalized spacial score (nSPS) is 11.2. The van der Waals surface area contributed by atoms with E-state index in [1.807, 2.05) is 0 Å². The summed E-state index contributed by atoms with van der Waals surface area (Å²) in [6, 6.07) is 0. The van der Waals surface area contributed by atoms with Crippen LogP contribution in [-0.2, 0) is 9.59 Å². The van der Waals surface area contributed by atoms with Gasteiger partial charge in [-0.2, -0.15) is 0 Å². The molecule has 0 saturated heterocycles. The molecule has 3 nitrogen and oxygen atoms in total. The molecule has 0 radical (unpaired) electrons. The molecule has 0 aliphatic rings.